The summed E-state index contributed by atoms with van der Waals surface area (Å²) >= 11 is 0. The fraction of sp³-hybridized carbons (Fsp3) is 0.909. The molecule has 0 aliphatic carbocycles. The SMILES string of the molecule is CCC(=O)N1CCN(CCCOC)CC1. The zero-order valence-corrected chi connectivity index (χ0v) is 9.87. The van der Waals surface area contributed by atoms with Gasteiger partial charge in [0.15, 0.2) is 0 Å². The van der Waals surface area contributed by atoms with Crippen LogP contribution in [-0.4, -0.2) is 62.1 Å². The van der Waals surface area contributed by atoms with Gasteiger partial charge in [-0.05, 0) is 6.42 Å². The Morgan fingerprint density at radius 1 is 1.27 bits per heavy atom. The number of amides is 1. The lowest BCUT2D eigenvalue weighted by molar-refractivity contribution is -0.132. The van der Waals surface area contributed by atoms with Gasteiger partial charge in [0.05, 0.1) is 0 Å². The van der Waals surface area contributed by atoms with E-state index in [-0.39, 0.29) is 5.91 Å². The first-order valence-electron chi connectivity index (χ1n) is 5.77. The van der Waals surface area contributed by atoms with Crippen molar-refractivity contribution in [2.24, 2.45) is 0 Å². The zero-order valence-electron chi connectivity index (χ0n) is 9.87. The molecule has 0 aromatic heterocycles. The van der Waals surface area contributed by atoms with Crippen LogP contribution in [0.1, 0.15) is 19.8 Å². The van der Waals surface area contributed by atoms with Gasteiger partial charge in [0.1, 0.15) is 0 Å². The van der Waals surface area contributed by atoms with E-state index in [1.807, 2.05) is 11.8 Å². The van der Waals surface area contributed by atoms with E-state index in [9.17, 15) is 4.79 Å². The molecule has 0 aromatic carbocycles. The van der Waals surface area contributed by atoms with Gasteiger partial charge in [-0.15, -0.1) is 0 Å². The van der Waals surface area contributed by atoms with E-state index in [4.69, 9.17) is 4.74 Å². The number of hydrogen-bond donors (Lipinski definition) is 0. The lowest BCUT2D eigenvalue weighted by Crippen LogP contribution is -2.48. The van der Waals surface area contributed by atoms with Crippen LogP contribution in [0.3, 0.4) is 0 Å². The maximum Gasteiger partial charge on any atom is 0.222 e. The van der Waals surface area contributed by atoms with E-state index in [1.165, 1.54) is 0 Å². The molecule has 1 aliphatic rings. The molecule has 0 aromatic rings. The number of carbonyl (C=O) groups is 1. The second kappa shape index (κ2) is 6.80. The normalized spacial score (nSPS) is 18.1. The summed E-state index contributed by atoms with van der Waals surface area (Å²) in [5, 5.41) is 0. The molecule has 1 heterocycles. The summed E-state index contributed by atoms with van der Waals surface area (Å²) in [6, 6.07) is 0. The van der Waals surface area contributed by atoms with Gasteiger partial charge in [-0.1, -0.05) is 6.92 Å². The van der Waals surface area contributed by atoms with Crippen LogP contribution in [0.25, 0.3) is 0 Å². The maximum atomic E-state index is 11.4. The van der Waals surface area contributed by atoms with E-state index >= 15 is 0 Å². The summed E-state index contributed by atoms with van der Waals surface area (Å²) in [6.45, 7) is 7.63. The fourth-order valence-corrected chi connectivity index (χ4v) is 1.88. The smallest absolute Gasteiger partial charge is 0.222 e. The van der Waals surface area contributed by atoms with E-state index in [1.54, 1.807) is 7.11 Å². The molecule has 1 saturated heterocycles. The predicted molar refractivity (Wildman–Crippen MR) is 59.8 cm³/mol. The highest BCUT2D eigenvalue weighted by Gasteiger charge is 2.18. The molecule has 1 aliphatic heterocycles. The third-order valence-electron chi connectivity index (χ3n) is 2.85. The Bertz CT molecular complexity index is 189. The monoisotopic (exact) mass is 214 g/mol. The molecule has 4 nitrogen and oxygen atoms in total. The van der Waals surface area contributed by atoms with Crippen LogP contribution < -0.4 is 0 Å². The average molecular weight is 214 g/mol. The van der Waals surface area contributed by atoms with Gasteiger partial charge in [-0.25, -0.2) is 0 Å². The van der Waals surface area contributed by atoms with Crippen LogP contribution in [0.4, 0.5) is 0 Å². The Hall–Kier alpha value is -0.610. The Kier molecular flexibility index (Phi) is 5.65. The molecule has 1 fully saturated rings. The van der Waals surface area contributed by atoms with E-state index in [0.717, 1.165) is 45.8 Å². The van der Waals surface area contributed by atoms with Crippen molar-refractivity contribution in [1.82, 2.24) is 9.80 Å². The minimum Gasteiger partial charge on any atom is -0.385 e. The highest BCUT2D eigenvalue weighted by atomic mass is 16.5. The number of hydrogen-bond acceptors (Lipinski definition) is 3. The Morgan fingerprint density at radius 2 is 1.93 bits per heavy atom. The van der Waals surface area contributed by atoms with Crippen molar-refractivity contribution < 1.29 is 9.53 Å². The molecule has 0 atom stereocenters. The summed E-state index contributed by atoms with van der Waals surface area (Å²) in [5.74, 6) is 0.284. The van der Waals surface area contributed by atoms with Crippen LogP contribution >= 0.6 is 0 Å². The second-order valence-electron chi connectivity index (χ2n) is 3.92. The number of rotatable bonds is 5. The van der Waals surface area contributed by atoms with Gasteiger partial charge in [-0.3, -0.25) is 9.69 Å². The fourth-order valence-electron chi connectivity index (χ4n) is 1.88. The molecule has 15 heavy (non-hydrogen) atoms. The van der Waals surface area contributed by atoms with Crippen LogP contribution in [0, 0.1) is 0 Å². The molecule has 0 unspecified atom stereocenters. The van der Waals surface area contributed by atoms with Crippen molar-refractivity contribution in [2.75, 3.05) is 46.4 Å². The molecular formula is C11H22N2O2. The summed E-state index contributed by atoms with van der Waals surface area (Å²) in [4.78, 5) is 15.8. The quantitative estimate of drug-likeness (QED) is 0.628. The average Bonchev–Trinajstić information content (AvgIpc) is 2.29. The molecule has 0 N–H and O–H groups in total. The molecule has 0 bridgehead atoms. The van der Waals surface area contributed by atoms with Crippen molar-refractivity contribution in [3.8, 4) is 0 Å². The first kappa shape index (κ1) is 12.5. The standard InChI is InChI=1S/C11H22N2O2/c1-3-11(14)13-8-6-12(7-9-13)5-4-10-15-2/h3-10H2,1-2H3. The first-order valence-corrected chi connectivity index (χ1v) is 5.77. The van der Waals surface area contributed by atoms with Gasteiger partial charge >= 0.3 is 0 Å². The van der Waals surface area contributed by atoms with E-state index < -0.39 is 0 Å². The highest BCUT2D eigenvalue weighted by molar-refractivity contribution is 5.75. The van der Waals surface area contributed by atoms with Gasteiger partial charge in [0.2, 0.25) is 5.91 Å². The summed E-state index contributed by atoms with van der Waals surface area (Å²) in [7, 11) is 1.73. The molecule has 0 spiro atoms. The largest absolute Gasteiger partial charge is 0.385 e. The lowest BCUT2D eigenvalue weighted by Gasteiger charge is -2.34. The maximum absolute atomic E-state index is 11.4. The van der Waals surface area contributed by atoms with E-state index in [2.05, 4.69) is 4.90 Å². The third kappa shape index (κ3) is 4.18. The highest BCUT2D eigenvalue weighted by Crippen LogP contribution is 2.04. The number of piperazine rings is 1. The first-order chi connectivity index (χ1) is 7.27. The minimum absolute atomic E-state index is 0.284. The lowest BCUT2D eigenvalue weighted by atomic mass is 10.2. The number of nitrogens with zero attached hydrogens (tertiary/aromatic N) is 2. The minimum atomic E-state index is 0.284. The summed E-state index contributed by atoms with van der Waals surface area (Å²) in [6.07, 6.45) is 1.71. The molecule has 1 rings (SSSR count). The van der Waals surface area contributed by atoms with Crippen LogP contribution in [-0.2, 0) is 9.53 Å². The topological polar surface area (TPSA) is 32.8 Å². The van der Waals surface area contributed by atoms with Gasteiger partial charge in [0, 0.05) is 52.9 Å². The Balaban J connectivity index is 2.15. The van der Waals surface area contributed by atoms with Gasteiger partial charge in [-0.2, -0.15) is 0 Å². The zero-order chi connectivity index (χ0) is 11.1. The molecule has 0 radical (unpaired) electrons. The van der Waals surface area contributed by atoms with Crippen LogP contribution in [0.15, 0.2) is 0 Å². The number of ether oxygens (including phenoxy) is 1. The molecular weight excluding hydrogens is 192 g/mol. The van der Waals surface area contributed by atoms with Crippen molar-refractivity contribution in [3.05, 3.63) is 0 Å². The molecule has 0 saturated carbocycles. The summed E-state index contributed by atoms with van der Waals surface area (Å²) in [5.41, 5.74) is 0. The Morgan fingerprint density at radius 3 is 2.47 bits per heavy atom. The third-order valence-corrected chi connectivity index (χ3v) is 2.85. The van der Waals surface area contributed by atoms with Crippen molar-refractivity contribution in [2.45, 2.75) is 19.8 Å². The van der Waals surface area contributed by atoms with Crippen molar-refractivity contribution >= 4 is 5.91 Å². The Labute approximate surface area is 92.2 Å². The number of methoxy groups -OCH3 is 1. The van der Waals surface area contributed by atoms with Crippen LogP contribution in [0.2, 0.25) is 0 Å². The number of carbonyl (C=O) groups excluding carboxylic acids is 1. The molecule has 4 heteroatoms. The molecule has 88 valence electrons. The van der Waals surface area contributed by atoms with Gasteiger partial charge < -0.3 is 9.64 Å². The predicted octanol–water partition coefficient (Wildman–Crippen LogP) is 0.577. The second-order valence-corrected chi connectivity index (χ2v) is 3.92. The van der Waals surface area contributed by atoms with Gasteiger partial charge in [0.25, 0.3) is 0 Å². The van der Waals surface area contributed by atoms with Crippen molar-refractivity contribution in [1.29, 1.82) is 0 Å². The summed E-state index contributed by atoms with van der Waals surface area (Å²) < 4.78 is 5.02. The van der Waals surface area contributed by atoms with E-state index in [0.29, 0.717) is 6.42 Å². The van der Waals surface area contributed by atoms with Crippen LogP contribution in [0.5, 0.6) is 0 Å². The van der Waals surface area contributed by atoms with Crippen molar-refractivity contribution in [3.63, 3.8) is 0 Å². The molecule has 1 amide bonds.